The lowest BCUT2D eigenvalue weighted by atomic mass is 10.0. The lowest BCUT2D eigenvalue weighted by Crippen LogP contribution is -2.29. The monoisotopic (exact) mass is 280 g/mol. The van der Waals surface area contributed by atoms with Crippen molar-refractivity contribution in [2.45, 2.75) is 25.8 Å². The van der Waals surface area contributed by atoms with Crippen LogP contribution in [0.4, 0.5) is 5.69 Å². The number of carbonyl (C=O) groups excluding carboxylic acids is 1. The number of amides is 1. The summed E-state index contributed by atoms with van der Waals surface area (Å²) in [5.74, 6) is 0.501. The van der Waals surface area contributed by atoms with E-state index in [-0.39, 0.29) is 11.9 Å². The largest absolute Gasteiger partial charge is 0.398 e. The van der Waals surface area contributed by atoms with Gasteiger partial charge in [-0.25, -0.2) is 0 Å². The SMILES string of the molecule is Cc1ccc(C(=O)NC(c2ccccc2)C2CC2)cc1N. The summed E-state index contributed by atoms with van der Waals surface area (Å²) in [5.41, 5.74) is 9.34. The van der Waals surface area contributed by atoms with Crippen molar-refractivity contribution in [1.82, 2.24) is 5.32 Å². The first-order valence-electron chi connectivity index (χ1n) is 7.37. The Morgan fingerprint density at radius 3 is 2.52 bits per heavy atom. The van der Waals surface area contributed by atoms with Crippen molar-refractivity contribution in [3.05, 3.63) is 65.2 Å². The third-order valence-electron chi connectivity index (χ3n) is 4.08. The van der Waals surface area contributed by atoms with Gasteiger partial charge in [0, 0.05) is 11.3 Å². The predicted octanol–water partition coefficient (Wildman–Crippen LogP) is 3.46. The third-order valence-corrected chi connectivity index (χ3v) is 4.08. The van der Waals surface area contributed by atoms with Crippen molar-refractivity contribution in [3.63, 3.8) is 0 Å². The molecule has 2 aromatic carbocycles. The van der Waals surface area contributed by atoms with E-state index in [1.165, 1.54) is 18.4 Å². The summed E-state index contributed by atoms with van der Waals surface area (Å²) in [4.78, 5) is 12.5. The maximum Gasteiger partial charge on any atom is 0.251 e. The molecule has 3 heteroatoms. The fourth-order valence-corrected chi connectivity index (χ4v) is 2.57. The Balaban J connectivity index is 1.79. The number of nitrogens with two attached hydrogens (primary N) is 1. The Kier molecular flexibility index (Phi) is 3.65. The number of hydrogen-bond acceptors (Lipinski definition) is 2. The number of nitrogen functional groups attached to an aromatic ring is 1. The molecule has 0 bridgehead atoms. The molecule has 1 aliphatic carbocycles. The summed E-state index contributed by atoms with van der Waals surface area (Å²) in [6.07, 6.45) is 2.35. The zero-order chi connectivity index (χ0) is 14.8. The van der Waals surface area contributed by atoms with Gasteiger partial charge in [0.15, 0.2) is 0 Å². The normalized spacial score (nSPS) is 15.5. The highest BCUT2D eigenvalue weighted by Gasteiger charge is 2.33. The minimum absolute atomic E-state index is 0.0533. The van der Waals surface area contributed by atoms with E-state index in [9.17, 15) is 4.79 Å². The van der Waals surface area contributed by atoms with E-state index in [1.807, 2.05) is 37.3 Å². The molecule has 3 N–H and O–H groups in total. The highest BCUT2D eigenvalue weighted by molar-refractivity contribution is 5.95. The molecule has 1 saturated carbocycles. The molecule has 1 atom stereocenters. The first-order valence-corrected chi connectivity index (χ1v) is 7.37. The first kappa shape index (κ1) is 13.7. The smallest absolute Gasteiger partial charge is 0.251 e. The summed E-state index contributed by atoms with van der Waals surface area (Å²) >= 11 is 0. The van der Waals surface area contributed by atoms with E-state index < -0.39 is 0 Å². The zero-order valence-electron chi connectivity index (χ0n) is 12.2. The Labute approximate surface area is 125 Å². The van der Waals surface area contributed by atoms with Crippen LogP contribution < -0.4 is 11.1 Å². The molecule has 0 aromatic heterocycles. The van der Waals surface area contributed by atoms with Crippen molar-refractivity contribution in [3.8, 4) is 0 Å². The van der Waals surface area contributed by atoms with E-state index in [0.29, 0.717) is 17.2 Å². The topological polar surface area (TPSA) is 55.1 Å². The van der Waals surface area contributed by atoms with Gasteiger partial charge in [-0.05, 0) is 48.9 Å². The molecule has 0 aliphatic heterocycles. The molecule has 1 fully saturated rings. The van der Waals surface area contributed by atoms with Crippen LogP contribution in [0, 0.1) is 12.8 Å². The van der Waals surface area contributed by atoms with Crippen LogP contribution in [0.25, 0.3) is 0 Å². The van der Waals surface area contributed by atoms with E-state index in [2.05, 4.69) is 17.4 Å². The molecule has 0 spiro atoms. The fraction of sp³-hybridized carbons (Fsp3) is 0.278. The van der Waals surface area contributed by atoms with Gasteiger partial charge in [-0.3, -0.25) is 4.79 Å². The van der Waals surface area contributed by atoms with Gasteiger partial charge in [0.1, 0.15) is 0 Å². The molecule has 108 valence electrons. The molecule has 1 unspecified atom stereocenters. The van der Waals surface area contributed by atoms with E-state index in [1.54, 1.807) is 6.07 Å². The van der Waals surface area contributed by atoms with Gasteiger partial charge in [-0.15, -0.1) is 0 Å². The molecule has 2 aromatic rings. The summed E-state index contributed by atoms with van der Waals surface area (Å²) in [5, 5.41) is 3.16. The maximum atomic E-state index is 12.5. The Morgan fingerprint density at radius 1 is 1.19 bits per heavy atom. The Morgan fingerprint density at radius 2 is 1.90 bits per heavy atom. The number of rotatable bonds is 4. The van der Waals surface area contributed by atoms with Crippen LogP contribution in [0.2, 0.25) is 0 Å². The van der Waals surface area contributed by atoms with Gasteiger partial charge >= 0.3 is 0 Å². The van der Waals surface area contributed by atoms with Gasteiger partial charge in [-0.2, -0.15) is 0 Å². The van der Waals surface area contributed by atoms with Crippen molar-refractivity contribution in [2.75, 3.05) is 5.73 Å². The minimum atomic E-state index is -0.0533. The zero-order valence-corrected chi connectivity index (χ0v) is 12.2. The second kappa shape index (κ2) is 5.60. The van der Waals surface area contributed by atoms with Crippen molar-refractivity contribution in [1.29, 1.82) is 0 Å². The second-order valence-corrected chi connectivity index (χ2v) is 5.77. The van der Waals surface area contributed by atoms with E-state index in [4.69, 9.17) is 5.73 Å². The van der Waals surface area contributed by atoms with Gasteiger partial charge in [0.25, 0.3) is 5.91 Å². The lowest BCUT2D eigenvalue weighted by Gasteiger charge is -2.19. The van der Waals surface area contributed by atoms with Crippen molar-refractivity contribution >= 4 is 11.6 Å². The molecule has 0 heterocycles. The molecule has 1 amide bonds. The molecule has 21 heavy (non-hydrogen) atoms. The molecular formula is C18H20N2O. The Bertz CT molecular complexity index is 648. The molecule has 0 radical (unpaired) electrons. The average Bonchev–Trinajstić information content (AvgIpc) is 3.33. The van der Waals surface area contributed by atoms with E-state index in [0.717, 1.165) is 5.56 Å². The quantitative estimate of drug-likeness (QED) is 0.843. The Hall–Kier alpha value is -2.29. The molecule has 3 rings (SSSR count). The number of anilines is 1. The van der Waals surface area contributed by atoms with Crippen LogP contribution in [0.5, 0.6) is 0 Å². The van der Waals surface area contributed by atoms with E-state index >= 15 is 0 Å². The highest BCUT2D eigenvalue weighted by Crippen LogP contribution is 2.41. The van der Waals surface area contributed by atoms with Gasteiger partial charge < -0.3 is 11.1 Å². The number of benzene rings is 2. The van der Waals surface area contributed by atoms with Crippen LogP contribution in [0.3, 0.4) is 0 Å². The number of nitrogens with one attached hydrogen (secondary N) is 1. The summed E-state index contributed by atoms with van der Waals surface area (Å²) < 4.78 is 0. The van der Waals surface area contributed by atoms with Gasteiger partial charge in [0.05, 0.1) is 6.04 Å². The van der Waals surface area contributed by atoms with Crippen LogP contribution in [0.15, 0.2) is 48.5 Å². The standard InChI is InChI=1S/C18H20N2O/c1-12-7-8-15(11-16(12)19)18(21)20-17(14-9-10-14)13-5-3-2-4-6-13/h2-8,11,14,17H,9-10,19H2,1H3,(H,20,21). The molecular weight excluding hydrogens is 260 g/mol. The fourth-order valence-electron chi connectivity index (χ4n) is 2.57. The summed E-state index contributed by atoms with van der Waals surface area (Å²) in [6, 6.07) is 15.7. The summed E-state index contributed by atoms with van der Waals surface area (Å²) in [7, 11) is 0. The van der Waals surface area contributed by atoms with Gasteiger partial charge in [0.2, 0.25) is 0 Å². The number of aryl methyl sites for hydroxylation is 1. The van der Waals surface area contributed by atoms with Crippen molar-refractivity contribution < 1.29 is 4.79 Å². The highest BCUT2D eigenvalue weighted by atomic mass is 16.1. The van der Waals surface area contributed by atoms with Crippen LogP contribution >= 0.6 is 0 Å². The van der Waals surface area contributed by atoms with Crippen LogP contribution in [0.1, 0.15) is 40.4 Å². The third kappa shape index (κ3) is 3.07. The molecule has 0 saturated heterocycles. The average molecular weight is 280 g/mol. The van der Waals surface area contributed by atoms with Gasteiger partial charge in [-0.1, -0.05) is 36.4 Å². The number of carbonyl (C=O) groups is 1. The predicted molar refractivity (Wildman–Crippen MR) is 85.0 cm³/mol. The summed E-state index contributed by atoms with van der Waals surface area (Å²) in [6.45, 7) is 1.94. The second-order valence-electron chi connectivity index (χ2n) is 5.77. The molecule has 3 nitrogen and oxygen atoms in total. The lowest BCUT2D eigenvalue weighted by molar-refractivity contribution is 0.0931. The maximum absolute atomic E-state index is 12.5. The van der Waals surface area contributed by atoms with Crippen molar-refractivity contribution in [2.24, 2.45) is 5.92 Å². The minimum Gasteiger partial charge on any atom is -0.398 e. The van der Waals surface area contributed by atoms with Crippen LogP contribution in [-0.2, 0) is 0 Å². The molecule has 1 aliphatic rings. The number of hydrogen-bond donors (Lipinski definition) is 2. The first-order chi connectivity index (χ1) is 10.1. The van der Waals surface area contributed by atoms with Crippen LogP contribution in [-0.4, -0.2) is 5.91 Å².